The molecule has 1 aliphatic rings. The highest BCUT2D eigenvalue weighted by atomic mass is 19.4. The molecule has 2 aromatic rings. The van der Waals surface area contributed by atoms with Gasteiger partial charge in [-0.3, -0.25) is 0 Å². The topological polar surface area (TPSA) is 35.6 Å². The Morgan fingerprint density at radius 1 is 1.04 bits per heavy atom. The molecular formula is C21H24F3N3O. The summed E-state index contributed by atoms with van der Waals surface area (Å²) in [6.07, 6.45) is -4.38. The van der Waals surface area contributed by atoms with E-state index >= 15 is 0 Å². The van der Waals surface area contributed by atoms with Gasteiger partial charge in [-0.15, -0.1) is 0 Å². The first-order chi connectivity index (χ1) is 13.3. The molecule has 0 spiro atoms. The van der Waals surface area contributed by atoms with Crippen molar-refractivity contribution in [2.45, 2.75) is 26.6 Å². The number of piperazine rings is 1. The van der Waals surface area contributed by atoms with E-state index in [9.17, 15) is 18.0 Å². The van der Waals surface area contributed by atoms with Crippen LogP contribution in [0.1, 0.15) is 22.3 Å². The molecule has 0 aliphatic carbocycles. The van der Waals surface area contributed by atoms with Crippen LogP contribution in [0.4, 0.5) is 23.7 Å². The molecule has 1 N–H and O–H groups in total. The first-order valence-corrected chi connectivity index (χ1v) is 9.26. The summed E-state index contributed by atoms with van der Waals surface area (Å²) in [6.45, 7) is 6.83. The zero-order chi connectivity index (χ0) is 20.3. The van der Waals surface area contributed by atoms with Crippen molar-refractivity contribution in [3.8, 4) is 0 Å². The molecule has 2 amide bonds. The predicted octanol–water partition coefficient (Wildman–Crippen LogP) is 4.35. The zero-order valence-corrected chi connectivity index (χ0v) is 16.0. The normalized spacial score (nSPS) is 14.9. The molecule has 1 heterocycles. The van der Waals surface area contributed by atoms with E-state index in [2.05, 4.69) is 36.2 Å². The maximum atomic E-state index is 12.8. The summed E-state index contributed by atoms with van der Waals surface area (Å²) in [6, 6.07) is 11.0. The monoisotopic (exact) mass is 391 g/mol. The molecule has 0 aromatic heterocycles. The molecule has 1 aliphatic heterocycles. The second kappa shape index (κ2) is 8.12. The number of halogens is 3. The van der Waals surface area contributed by atoms with Crippen LogP contribution in [0.25, 0.3) is 0 Å². The fourth-order valence-corrected chi connectivity index (χ4v) is 3.38. The molecule has 0 unspecified atom stereocenters. The van der Waals surface area contributed by atoms with Gasteiger partial charge in [-0.2, -0.15) is 13.2 Å². The number of benzene rings is 2. The summed E-state index contributed by atoms with van der Waals surface area (Å²) >= 11 is 0. The summed E-state index contributed by atoms with van der Waals surface area (Å²) in [7, 11) is 0. The number of nitrogens with one attached hydrogen (secondary N) is 1. The van der Waals surface area contributed by atoms with Gasteiger partial charge in [0.05, 0.1) is 5.56 Å². The molecule has 0 bridgehead atoms. The van der Waals surface area contributed by atoms with Crippen LogP contribution < -0.4 is 10.2 Å². The van der Waals surface area contributed by atoms with Crippen molar-refractivity contribution in [2.75, 3.05) is 31.1 Å². The molecule has 1 fully saturated rings. The highest BCUT2D eigenvalue weighted by Crippen LogP contribution is 2.29. The van der Waals surface area contributed by atoms with Crippen molar-refractivity contribution in [2.24, 2.45) is 0 Å². The molecule has 2 aromatic carbocycles. The van der Waals surface area contributed by atoms with Gasteiger partial charge in [0.25, 0.3) is 0 Å². The SMILES string of the molecule is Cc1cccc(N2CCN(C(=O)NCc3cccc(C(F)(F)F)c3)CC2)c1C. The molecule has 28 heavy (non-hydrogen) atoms. The van der Waals surface area contributed by atoms with Crippen molar-refractivity contribution >= 4 is 11.7 Å². The minimum atomic E-state index is -4.38. The van der Waals surface area contributed by atoms with Gasteiger partial charge in [-0.05, 0) is 48.7 Å². The van der Waals surface area contributed by atoms with Gasteiger partial charge in [0, 0.05) is 38.4 Å². The number of hydrogen-bond acceptors (Lipinski definition) is 2. The van der Waals surface area contributed by atoms with Crippen molar-refractivity contribution in [1.82, 2.24) is 10.2 Å². The number of anilines is 1. The van der Waals surface area contributed by atoms with Gasteiger partial charge in [0.1, 0.15) is 0 Å². The quantitative estimate of drug-likeness (QED) is 0.844. The number of carbonyl (C=O) groups is 1. The third-order valence-corrected chi connectivity index (χ3v) is 5.18. The van der Waals surface area contributed by atoms with E-state index in [0.29, 0.717) is 18.7 Å². The van der Waals surface area contributed by atoms with Gasteiger partial charge in [-0.1, -0.05) is 24.3 Å². The van der Waals surface area contributed by atoms with E-state index in [1.165, 1.54) is 22.9 Å². The second-order valence-corrected chi connectivity index (χ2v) is 7.05. The van der Waals surface area contributed by atoms with Crippen molar-refractivity contribution < 1.29 is 18.0 Å². The Morgan fingerprint density at radius 3 is 2.39 bits per heavy atom. The molecular weight excluding hydrogens is 367 g/mol. The van der Waals surface area contributed by atoms with E-state index < -0.39 is 11.7 Å². The van der Waals surface area contributed by atoms with Crippen LogP contribution in [0.2, 0.25) is 0 Å². The summed E-state index contributed by atoms with van der Waals surface area (Å²) in [5, 5.41) is 2.72. The second-order valence-electron chi connectivity index (χ2n) is 7.05. The standard InChI is InChI=1S/C21H24F3N3O/c1-15-5-3-8-19(16(15)2)26-9-11-27(12-10-26)20(28)25-14-17-6-4-7-18(13-17)21(22,23)24/h3-8,13H,9-12,14H2,1-2H3,(H,25,28). The molecule has 0 saturated carbocycles. The van der Waals surface area contributed by atoms with Crippen LogP contribution in [-0.2, 0) is 12.7 Å². The van der Waals surface area contributed by atoms with Gasteiger partial charge < -0.3 is 15.1 Å². The first kappa shape index (κ1) is 20.0. The lowest BCUT2D eigenvalue weighted by Crippen LogP contribution is -2.51. The average Bonchev–Trinajstić information content (AvgIpc) is 2.68. The smallest absolute Gasteiger partial charge is 0.368 e. The minimum Gasteiger partial charge on any atom is -0.368 e. The maximum absolute atomic E-state index is 12.8. The maximum Gasteiger partial charge on any atom is 0.416 e. The van der Waals surface area contributed by atoms with Crippen LogP contribution in [0.15, 0.2) is 42.5 Å². The third kappa shape index (κ3) is 4.58. The van der Waals surface area contributed by atoms with Gasteiger partial charge in [0.15, 0.2) is 0 Å². The predicted molar refractivity (Wildman–Crippen MR) is 103 cm³/mol. The van der Waals surface area contributed by atoms with Crippen LogP contribution in [0, 0.1) is 13.8 Å². The summed E-state index contributed by atoms with van der Waals surface area (Å²) in [4.78, 5) is 16.4. The number of nitrogens with zero attached hydrogens (tertiary/aromatic N) is 2. The fourth-order valence-electron chi connectivity index (χ4n) is 3.38. The molecule has 4 nitrogen and oxygen atoms in total. The molecule has 150 valence electrons. The number of rotatable bonds is 3. The lowest BCUT2D eigenvalue weighted by molar-refractivity contribution is -0.137. The fraction of sp³-hybridized carbons (Fsp3) is 0.381. The Labute approximate surface area is 162 Å². The van der Waals surface area contributed by atoms with Crippen LogP contribution in [-0.4, -0.2) is 37.1 Å². The summed E-state index contributed by atoms with van der Waals surface area (Å²) in [5.74, 6) is 0. The van der Waals surface area contributed by atoms with Crippen LogP contribution in [0.3, 0.4) is 0 Å². The van der Waals surface area contributed by atoms with E-state index in [-0.39, 0.29) is 12.6 Å². The van der Waals surface area contributed by atoms with Crippen LogP contribution in [0.5, 0.6) is 0 Å². The lowest BCUT2D eigenvalue weighted by Gasteiger charge is -2.37. The highest BCUT2D eigenvalue weighted by molar-refractivity contribution is 5.74. The minimum absolute atomic E-state index is 0.0694. The van der Waals surface area contributed by atoms with E-state index in [1.54, 1.807) is 11.0 Å². The van der Waals surface area contributed by atoms with Crippen molar-refractivity contribution in [3.05, 3.63) is 64.7 Å². The Kier molecular flexibility index (Phi) is 5.82. The number of amides is 2. The average molecular weight is 391 g/mol. The largest absolute Gasteiger partial charge is 0.416 e. The highest BCUT2D eigenvalue weighted by Gasteiger charge is 2.30. The van der Waals surface area contributed by atoms with E-state index in [0.717, 1.165) is 25.2 Å². The molecule has 7 heteroatoms. The summed E-state index contributed by atoms with van der Waals surface area (Å²) < 4.78 is 38.4. The van der Waals surface area contributed by atoms with Crippen molar-refractivity contribution in [3.63, 3.8) is 0 Å². The van der Waals surface area contributed by atoms with Gasteiger partial charge in [-0.25, -0.2) is 4.79 Å². The van der Waals surface area contributed by atoms with Crippen LogP contribution >= 0.6 is 0 Å². The van der Waals surface area contributed by atoms with Crippen molar-refractivity contribution in [1.29, 1.82) is 0 Å². The zero-order valence-electron chi connectivity index (χ0n) is 16.0. The number of aryl methyl sites for hydroxylation is 1. The Hall–Kier alpha value is -2.70. The number of carbonyl (C=O) groups excluding carboxylic acids is 1. The Balaban J connectivity index is 1.54. The third-order valence-electron chi connectivity index (χ3n) is 5.18. The van der Waals surface area contributed by atoms with E-state index in [1.807, 2.05) is 6.07 Å². The number of alkyl halides is 3. The molecule has 1 saturated heterocycles. The molecule has 3 rings (SSSR count). The lowest BCUT2D eigenvalue weighted by atomic mass is 10.1. The van der Waals surface area contributed by atoms with E-state index in [4.69, 9.17) is 0 Å². The summed E-state index contributed by atoms with van der Waals surface area (Å²) in [5.41, 5.74) is 3.38. The Morgan fingerprint density at radius 2 is 1.71 bits per heavy atom. The van der Waals surface area contributed by atoms with Gasteiger partial charge in [0.2, 0.25) is 0 Å². The number of hydrogen-bond donors (Lipinski definition) is 1. The first-order valence-electron chi connectivity index (χ1n) is 9.26. The molecule has 0 radical (unpaired) electrons. The molecule has 0 atom stereocenters. The van der Waals surface area contributed by atoms with Gasteiger partial charge >= 0.3 is 12.2 Å². The number of urea groups is 1. The Bertz CT molecular complexity index is 843.